The zero-order valence-corrected chi connectivity index (χ0v) is 18.5. The van der Waals surface area contributed by atoms with E-state index in [9.17, 15) is 14.4 Å². The third-order valence-electron chi connectivity index (χ3n) is 5.82. The van der Waals surface area contributed by atoms with Gasteiger partial charge in [-0.2, -0.15) is 0 Å². The van der Waals surface area contributed by atoms with Crippen LogP contribution < -0.4 is 10.6 Å². The Balaban J connectivity index is 1.51. The first-order valence-electron chi connectivity index (χ1n) is 11.0. The lowest BCUT2D eigenvalue weighted by atomic mass is 9.98. The van der Waals surface area contributed by atoms with E-state index < -0.39 is 18.1 Å². The van der Waals surface area contributed by atoms with Crippen LogP contribution in [0.1, 0.15) is 50.2 Å². The Labute approximate surface area is 188 Å². The molecule has 0 radical (unpaired) electrons. The molecule has 0 heterocycles. The number of carboxylic acid groups (broad SMARTS) is 1. The molecule has 2 atom stereocenters. The fourth-order valence-corrected chi connectivity index (χ4v) is 4.10. The molecule has 170 valence electrons. The van der Waals surface area contributed by atoms with E-state index in [1.807, 2.05) is 31.2 Å². The highest BCUT2D eigenvalue weighted by Gasteiger charge is 2.29. The summed E-state index contributed by atoms with van der Waals surface area (Å²) in [6.07, 6.45) is 0.402. The van der Waals surface area contributed by atoms with Gasteiger partial charge in [0.05, 0.1) is 0 Å². The summed E-state index contributed by atoms with van der Waals surface area (Å²) in [6.45, 7) is 4.17. The molecule has 0 aliphatic heterocycles. The molecular formula is C25H30N2O5. The van der Waals surface area contributed by atoms with Crippen LogP contribution in [0.5, 0.6) is 0 Å². The number of carbonyl (C=O) groups is 3. The summed E-state index contributed by atoms with van der Waals surface area (Å²) in [4.78, 5) is 35.6. The predicted molar refractivity (Wildman–Crippen MR) is 121 cm³/mol. The first-order chi connectivity index (χ1) is 15.4. The van der Waals surface area contributed by atoms with Crippen LogP contribution in [-0.2, 0) is 14.3 Å². The molecule has 1 aliphatic carbocycles. The van der Waals surface area contributed by atoms with Gasteiger partial charge in [0.1, 0.15) is 12.6 Å². The van der Waals surface area contributed by atoms with Crippen LogP contribution in [0.25, 0.3) is 11.1 Å². The molecule has 2 aromatic carbocycles. The second-order valence-corrected chi connectivity index (χ2v) is 8.21. The number of rotatable bonds is 10. The van der Waals surface area contributed by atoms with Crippen molar-refractivity contribution in [3.05, 3.63) is 59.7 Å². The van der Waals surface area contributed by atoms with Crippen molar-refractivity contribution in [2.45, 2.75) is 45.1 Å². The maximum atomic E-state index is 12.4. The van der Waals surface area contributed by atoms with Crippen LogP contribution in [0.15, 0.2) is 48.5 Å². The Bertz CT molecular complexity index is 929. The molecule has 3 N–H and O–H groups in total. The highest BCUT2D eigenvalue weighted by molar-refractivity contribution is 5.85. The van der Waals surface area contributed by atoms with E-state index in [1.165, 1.54) is 0 Å². The van der Waals surface area contributed by atoms with Crippen LogP contribution in [-0.4, -0.2) is 42.3 Å². The summed E-state index contributed by atoms with van der Waals surface area (Å²) in [5.74, 6) is -1.24. The molecule has 7 heteroatoms. The van der Waals surface area contributed by atoms with Crippen molar-refractivity contribution in [1.82, 2.24) is 10.6 Å². The molecule has 2 unspecified atom stereocenters. The fraction of sp³-hybridized carbons (Fsp3) is 0.400. The lowest BCUT2D eigenvalue weighted by Crippen LogP contribution is -2.47. The second kappa shape index (κ2) is 10.8. The molecule has 32 heavy (non-hydrogen) atoms. The average molecular weight is 439 g/mol. The first-order valence-corrected chi connectivity index (χ1v) is 11.0. The normalized spacial score (nSPS) is 14.1. The van der Waals surface area contributed by atoms with Gasteiger partial charge in [-0.05, 0) is 41.0 Å². The zero-order chi connectivity index (χ0) is 23.1. The van der Waals surface area contributed by atoms with Crippen LogP contribution in [0.3, 0.4) is 0 Å². The van der Waals surface area contributed by atoms with Crippen molar-refractivity contribution in [2.24, 2.45) is 5.92 Å². The number of hydrogen-bond acceptors (Lipinski definition) is 4. The molecule has 2 aromatic rings. The van der Waals surface area contributed by atoms with Gasteiger partial charge in [-0.3, -0.25) is 9.59 Å². The Hall–Kier alpha value is -3.35. The Morgan fingerprint density at radius 3 is 2.19 bits per heavy atom. The van der Waals surface area contributed by atoms with E-state index in [0.717, 1.165) is 22.3 Å². The summed E-state index contributed by atoms with van der Waals surface area (Å²) < 4.78 is 5.51. The van der Waals surface area contributed by atoms with Crippen molar-refractivity contribution < 1.29 is 24.2 Å². The number of carboxylic acids is 1. The maximum absolute atomic E-state index is 12.4. The quantitative estimate of drug-likeness (QED) is 0.521. The number of ether oxygens (including phenoxy) is 1. The summed E-state index contributed by atoms with van der Waals surface area (Å²) in [5, 5.41) is 14.2. The smallest absolute Gasteiger partial charge is 0.407 e. The summed E-state index contributed by atoms with van der Waals surface area (Å²) in [5.41, 5.74) is 4.56. The van der Waals surface area contributed by atoms with E-state index >= 15 is 0 Å². The minimum Gasteiger partial charge on any atom is -0.481 e. The number of alkyl carbamates (subject to hydrolysis) is 1. The summed E-state index contributed by atoms with van der Waals surface area (Å²) in [6, 6.07) is 15.5. The van der Waals surface area contributed by atoms with Crippen LogP contribution in [0, 0.1) is 5.92 Å². The summed E-state index contributed by atoms with van der Waals surface area (Å²) >= 11 is 0. The predicted octanol–water partition coefficient (Wildman–Crippen LogP) is 3.92. The van der Waals surface area contributed by atoms with Gasteiger partial charge in [-0.15, -0.1) is 0 Å². The molecule has 0 saturated carbocycles. The second-order valence-electron chi connectivity index (χ2n) is 8.21. The standard InChI is InChI=1S/C25H30N2O5/c1-3-22(24(30)26-13-12-16(2)14-23(28)29)27-25(31)32-15-21-19-10-6-4-8-17(19)18-9-5-7-11-20(18)21/h4-11,16,21-22H,3,12-15H2,1-2H3,(H,26,30)(H,27,31)(H,28,29). The first kappa shape index (κ1) is 23.3. The van der Waals surface area contributed by atoms with Gasteiger partial charge in [0.25, 0.3) is 0 Å². The third-order valence-corrected chi connectivity index (χ3v) is 5.82. The lowest BCUT2D eigenvalue weighted by molar-refractivity contribution is -0.138. The number of carbonyl (C=O) groups excluding carboxylic acids is 2. The number of nitrogens with one attached hydrogen (secondary N) is 2. The number of fused-ring (bicyclic) bond motifs is 3. The van der Waals surface area contributed by atoms with Crippen LogP contribution in [0.4, 0.5) is 4.79 Å². The van der Waals surface area contributed by atoms with E-state index in [4.69, 9.17) is 9.84 Å². The highest BCUT2D eigenvalue weighted by atomic mass is 16.5. The largest absolute Gasteiger partial charge is 0.481 e. The van der Waals surface area contributed by atoms with Gasteiger partial charge in [-0.1, -0.05) is 62.4 Å². The van der Waals surface area contributed by atoms with Crippen molar-refractivity contribution in [2.75, 3.05) is 13.2 Å². The minimum absolute atomic E-state index is 0.0389. The number of hydrogen-bond donors (Lipinski definition) is 3. The van der Waals surface area contributed by atoms with Crippen LogP contribution in [0.2, 0.25) is 0 Å². The Kier molecular flexibility index (Phi) is 7.87. The molecule has 3 rings (SSSR count). The lowest BCUT2D eigenvalue weighted by Gasteiger charge is -2.19. The van der Waals surface area contributed by atoms with Gasteiger partial charge >= 0.3 is 12.1 Å². The third kappa shape index (κ3) is 5.66. The molecule has 7 nitrogen and oxygen atoms in total. The molecule has 0 saturated heterocycles. The minimum atomic E-state index is -0.854. The van der Waals surface area contributed by atoms with E-state index in [1.54, 1.807) is 6.92 Å². The van der Waals surface area contributed by atoms with Gasteiger partial charge in [0.15, 0.2) is 0 Å². The van der Waals surface area contributed by atoms with E-state index in [2.05, 4.69) is 34.9 Å². The number of aliphatic carboxylic acids is 1. The Morgan fingerprint density at radius 2 is 1.62 bits per heavy atom. The van der Waals surface area contributed by atoms with E-state index in [-0.39, 0.29) is 30.8 Å². The van der Waals surface area contributed by atoms with Crippen molar-refractivity contribution in [3.8, 4) is 11.1 Å². The topological polar surface area (TPSA) is 105 Å². The highest BCUT2D eigenvalue weighted by Crippen LogP contribution is 2.44. The van der Waals surface area contributed by atoms with Gasteiger partial charge in [0, 0.05) is 18.9 Å². The molecule has 0 fully saturated rings. The Morgan fingerprint density at radius 1 is 1.03 bits per heavy atom. The average Bonchev–Trinajstić information content (AvgIpc) is 3.09. The van der Waals surface area contributed by atoms with Gasteiger partial charge in [-0.25, -0.2) is 4.79 Å². The molecule has 0 aromatic heterocycles. The molecule has 2 amide bonds. The van der Waals surface area contributed by atoms with Gasteiger partial charge < -0.3 is 20.5 Å². The monoisotopic (exact) mass is 438 g/mol. The maximum Gasteiger partial charge on any atom is 0.407 e. The van der Waals surface area contributed by atoms with Crippen molar-refractivity contribution in [1.29, 1.82) is 0 Å². The van der Waals surface area contributed by atoms with E-state index in [0.29, 0.717) is 19.4 Å². The molecule has 1 aliphatic rings. The molecular weight excluding hydrogens is 408 g/mol. The van der Waals surface area contributed by atoms with Gasteiger partial charge in [0.2, 0.25) is 5.91 Å². The number of benzene rings is 2. The fourth-order valence-electron chi connectivity index (χ4n) is 4.10. The van der Waals surface area contributed by atoms with Crippen molar-refractivity contribution in [3.63, 3.8) is 0 Å². The van der Waals surface area contributed by atoms with Crippen molar-refractivity contribution >= 4 is 18.0 Å². The zero-order valence-electron chi connectivity index (χ0n) is 18.5. The summed E-state index contributed by atoms with van der Waals surface area (Å²) in [7, 11) is 0. The molecule has 0 bridgehead atoms. The molecule has 0 spiro atoms. The SMILES string of the molecule is CCC(NC(=O)OCC1c2ccccc2-c2ccccc21)C(=O)NCCC(C)CC(=O)O. The van der Waals surface area contributed by atoms with Crippen LogP contribution >= 0.6 is 0 Å². The number of amides is 2.